The van der Waals surface area contributed by atoms with Gasteiger partial charge in [-0.15, -0.1) is 0 Å². The fraction of sp³-hybridized carbons (Fsp3) is 0.364. The van der Waals surface area contributed by atoms with E-state index in [9.17, 15) is 0 Å². The molecule has 0 aliphatic carbocycles. The average Bonchev–Trinajstić information content (AvgIpc) is 2.28. The number of hydrogen-bond donors (Lipinski definition) is 0. The van der Waals surface area contributed by atoms with Gasteiger partial charge < -0.3 is 0 Å². The number of nitriles is 1. The SMILES string of the molecule is COCOc1cccc([Se]C)c1CC#N. The first-order valence-electron chi connectivity index (χ1n) is 4.48. The second kappa shape index (κ2) is 6.47. The van der Waals surface area contributed by atoms with Crippen LogP contribution in [0.3, 0.4) is 0 Å². The zero-order chi connectivity index (χ0) is 11.1. The van der Waals surface area contributed by atoms with Crippen molar-refractivity contribution in [3.8, 4) is 11.8 Å². The van der Waals surface area contributed by atoms with E-state index in [1.165, 1.54) is 4.46 Å². The third-order valence-corrected chi connectivity index (χ3v) is 3.62. The topological polar surface area (TPSA) is 42.2 Å². The second-order valence-electron chi connectivity index (χ2n) is 2.82. The summed E-state index contributed by atoms with van der Waals surface area (Å²) >= 11 is 0.374. The molecule has 0 saturated carbocycles. The van der Waals surface area contributed by atoms with E-state index in [1.54, 1.807) is 7.11 Å². The number of nitrogens with zero attached hydrogens (tertiary/aromatic N) is 1. The first-order chi connectivity index (χ1) is 7.33. The number of methoxy groups -OCH3 is 1. The van der Waals surface area contributed by atoms with Crippen molar-refractivity contribution in [1.29, 1.82) is 5.26 Å². The summed E-state index contributed by atoms with van der Waals surface area (Å²) in [6.45, 7) is 0.221. The van der Waals surface area contributed by atoms with Crippen molar-refractivity contribution in [2.24, 2.45) is 0 Å². The van der Waals surface area contributed by atoms with Gasteiger partial charge >= 0.3 is 95.9 Å². The van der Waals surface area contributed by atoms with Crippen LogP contribution in [0.15, 0.2) is 18.2 Å². The van der Waals surface area contributed by atoms with E-state index in [2.05, 4.69) is 11.9 Å². The summed E-state index contributed by atoms with van der Waals surface area (Å²) in [4.78, 5) is 0. The van der Waals surface area contributed by atoms with Gasteiger partial charge in [0.15, 0.2) is 0 Å². The summed E-state index contributed by atoms with van der Waals surface area (Å²) in [5.41, 5.74) is 1.000. The molecule has 0 aliphatic heterocycles. The monoisotopic (exact) mass is 271 g/mol. The summed E-state index contributed by atoms with van der Waals surface area (Å²) in [6, 6.07) is 8.04. The van der Waals surface area contributed by atoms with Crippen LogP contribution in [0.25, 0.3) is 0 Å². The second-order valence-corrected chi connectivity index (χ2v) is 4.60. The molecule has 1 aromatic carbocycles. The fourth-order valence-electron chi connectivity index (χ4n) is 1.25. The van der Waals surface area contributed by atoms with Gasteiger partial charge in [0.2, 0.25) is 0 Å². The van der Waals surface area contributed by atoms with Gasteiger partial charge in [-0.05, 0) is 0 Å². The van der Waals surface area contributed by atoms with Crippen LogP contribution in [0.5, 0.6) is 5.75 Å². The van der Waals surface area contributed by atoms with Gasteiger partial charge in [-0.2, -0.15) is 0 Å². The molecule has 0 saturated heterocycles. The summed E-state index contributed by atoms with van der Waals surface area (Å²) < 4.78 is 11.5. The Balaban J connectivity index is 2.97. The predicted molar refractivity (Wildman–Crippen MR) is 59.5 cm³/mol. The van der Waals surface area contributed by atoms with Crippen LogP contribution in [0.1, 0.15) is 5.56 Å². The third kappa shape index (κ3) is 3.24. The molecule has 1 aromatic rings. The molecule has 80 valence electrons. The normalized spacial score (nSPS) is 9.67. The molecule has 0 bridgehead atoms. The van der Waals surface area contributed by atoms with Crippen LogP contribution in [0.4, 0.5) is 0 Å². The van der Waals surface area contributed by atoms with Gasteiger partial charge in [0.05, 0.1) is 0 Å². The first kappa shape index (κ1) is 12.1. The Bertz CT molecular complexity index is 360. The van der Waals surface area contributed by atoms with Gasteiger partial charge in [0, 0.05) is 0 Å². The first-order valence-corrected chi connectivity index (χ1v) is 7.05. The van der Waals surface area contributed by atoms with Crippen molar-refractivity contribution in [2.75, 3.05) is 13.9 Å². The number of benzene rings is 1. The van der Waals surface area contributed by atoms with Gasteiger partial charge in [0.25, 0.3) is 0 Å². The van der Waals surface area contributed by atoms with E-state index in [4.69, 9.17) is 14.7 Å². The molecule has 0 atom stereocenters. The van der Waals surface area contributed by atoms with E-state index in [0.717, 1.165) is 11.3 Å². The van der Waals surface area contributed by atoms with Crippen LogP contribution in [0.2, 0.25) is 5.82 Å². The summed E-state index contributed by atoms with van der Waals surface area (Å²) in [6.07, 6.45) is 0.394. The Morgan fingerprint density at radius 2 is 2.27 bits per heavy atom. The van der Waals surface area contributed by atoms with E-state index in [1.807, 2.05) is 18.2 Å². The number of hydrogen-bond acceptors (Lipinski definition) is 3. The van der Waals surface area contributed by atoms with Crippen LogP contribution in [-0.4, -0.2) is 28.9 Å². The Morgan fingerprint density at radius 3 is 2.87 bits per heavy atom. The maximum absolute atomic E-state index is 8.76. The van der Waals surface area contributed by atoms with Crippen molar-refractivity contribution in [3.05, 3.63) is 23.8 Å². The zero-order valence-corrected chi connectivity index (χ0v) is 10.5. The van der Waals surface area contributed by atoms with Crippen molar-refractivity contribution >= 4 is 19.4 Å². The standard InChI is InChI=1S/C11H13NO2Se/c1-13-8-14-10-4-3-5-11(15-2)9(10)6-7-12/h3-5H,6,8H2,1-2H3. The molecule has 0 aliphatic rings. The number of rotatable bonds is 5. The predicted octanol–water partition coefficient (Wildman–Crippen LogP) is 1.11. The molecule has 0 radical (unpaired) electrons. The molecule has 0 heterocycles. The Morgan fingerprint density at radius 1 is 1.47 bits per heavy atom. The van der Waals surface area contributed by atoms with Crippen LogP contribution in [-0.2, 0) is 11.2 Å². The Hall–Kier alpha value is -1.01. The average molecular weight is 270 g/mol. The van der Waals surface area contributed by atoms with Gasteiger partial charge in [-0.25, -0.2) is 0 Å². The van der Waals surface area contributed by atoms with Gasteiger partial charge in [0.1, 0.15) is 0 Å². The molecule has 0 aromatic heterocycles. The third-order valence-electron chi connectivity index (χ3n) is 1.90. The van der Waals surface area contributed by atoms with Crippen LogP contribution >= 0.6 is 0 Å². The summed E-state index contributed by atoms with van der Waals surface area (Å²) in [5, 5.41) is 8.76. The summed E-state index contributed by atoms with van der Waals surface area (Å²) in [7, 11) is 1.58. The number of ether oxygens (including phenoxy) is 2. The molecule has 3 nitrogen and oxygen atoms in total. The van der Waals surface area contributed by atoms with Gasteiger partial charge in [-0.1, -0.05) is 0 Å². The molecule has 0 amide bonds. The van der Waals surface area contributed by atoms with Crippen molar-refractivity contribution in [2.45, 2.75) is 12.2 Å². The maximum atomic E-state index is 8.76. The molecule has 0 fully saturated rings. The molecular formula is C11H13NO2Se. The van der Waals surface area contributed by atoms with Crippen molar-refractivity contribution in [1.82, 2.24) is 0 Å². The fourth-order valence-corrected chi connectivity index (χ4v) is 2.58. The molecular weight excluding hydrogens is 257 g/mol. The minimum absolute atomic E-state index is 0.221. The Kier molecular flexibility index (Phi) is 5.20. The zero-order valence-electron chi connectivity index (χ0n) is 8.82. The molecule has 0 N–H and O–H groups in total. The van der Waals surface area contributed by atoms with Crippen molar-refractivity contribution < 1.29 is 9.47 Å². The van der Waals surface area contributed by atoms with E-state index in [-0.39, 0.29) is 6.79 Å². The minimum atomic E-state index is 0.221. The molecule has 4 heteroatoms. The van der Waals surface area contributed by atoms with E-state index >= 15 is 0 Å². The van der Waals surface area contributed by atoms with Crippen LogP contribution < -0.4 is 9.20 Å². The van der Waals surface area contributed by atoms with E-state index < -0.39 is 0 Å². The molecule has 15 heavy (non-hydrogen) atoms. The quantitative estimate of drug-likeness (QED) is 0.594. The summed E-state index contributed by atoms with van der Waals surface area (Å²) in [5.74, 6) is 2.89. The van der Waals surface area contributed by atoms with Gasteiger partial charge in [-0.3, -0.25) is 0 Å². The van der Waals surface area contributed by atoms with Crippen molar-refractivity contribution in [3.63, 3.8) is 0 Å². The van der Waals surface area contributed by atoms with E-state index in [0.29, 0.717) is 21.4 Å². The Labute approximate surface area is 96.2 Å². The van der Waals surface area contributed by atoms with Crippen LogP contribution in [0, 0.1) is 11.3 Å². The molecule has 0 unspecified atom stereocenters. The molecule has 1 rings (SSSR count). The molecule has 0 spiro atoms.